The van der Waals surface area contributed by atoms with E-state index in [1.807, 2.05) is 30.3 Å². The molecule has 2 heterocycles. The summed E-state index contributed by atoms with van der Waals surface area (Å²) >= 11 is 3.48. The first-order chi connectivity index (χ1) is 9.45. The molecule has 0 aliphatic rings. The lowest BCUT2D eigenvalue weighted by atomic mass is 10.0. The molecular formula is C14H21BrN4O. The largest absolute Gasteiger partial charge is 0.386 e. The molecule has 1 atom stereocenters. The van der Waals surface area contributed by atoms with Gasteiger partial charge in [-0.1, -0.05) is 6.92 Å². The molecule has 0 aliphatic heterocycles. The number of nitrogens with zero attached hydrogens (tertiary/aromatic N) is 4. The zero-order chi connectivity index (χ0) is 14.9. The molecule has 0 amide bonds. The van der Waals surface area contributed by atoms with E-state index in [1.54, 1.807) is 6.20 Å². The molecule has 0 saturated heterocycles. The number of aliphatic hydroxyl groups is 1. The third-order valence-electron chi connectivity index (χ3n) is 3.64. The molecule has 110 valence electrons. The van der Waals surface area contributed by atoms with E-state index in [4.69, 9.17) is 0 Å². The molecule has 0 saturated carbocycles. The molecular weight excluding hydrogens is 320 g/mol. The van der Waals surface area contributed by atoms with E-state index in [0.29, 0.717) is 6.42 Å². The third-order valence-corrected chi connectivity index (χ3v) is 4.25. The Bertz CT molecular complexity index is 603. The second-order valence-electron chi connectivity index (χ2n) is 5.09. The Morgan fingerprint density at radius 2 is 2.10 bits per heavy atom. The van der Waals surface area contributed by atoms with Crippen LogP contribution < -0.4 is 0 Å². The molecule has 0 bridgehead atoms. The van der Waals surface area contributed by atoms with Gasteiger partial charge in [0.15, 0.2) is 0 Å². The highest BCUT2D eigenvalue weighted by atomic mass is 79.9. The van der Waals surface area contributed by atoms with Crippen molar-refractivity contribution in [2.75, 3.05) is 0 Å². The monoisotopic (exact) mass is 340 g/mol. The Balaban J connectivity index is 2.28. The van der Waals surface area contributed by atoms with E-state index in [0.717, 1.165) is 40.1 Å². The van der Waals surface area contributed by atoms with Gasteiger partial charge in [0.25, 0.3) is 0 Å². The van der Waals surface area contributed by atoms with Crippen LogP contribution in [0.3, 0.4) is 0 Å². The van der Waals surface area contributed by atoms with Crippen LogP contribution in [0.5, 0.6) is 0 Å². The van der Waals surface area contributed by atoms with Crippen molar-refractivity contribution in [3.8, 4) is 0 Å². The van der Waals surface area contributed by atoms with Crippen LogP contribution in [0.2, 0.25) is 0 Å². The van der Waals surface area contributed by atoms with Crippen LogP contribution in [0.15, 0.2) is 10.7 Å². The first-order valence-electron chi connectivity index (χ1n) is 6.84. The van der Waals surface area contributed by atoms with Crippen LogP contribution in [-0.2, 0) is 20.0 Å². The lowest BCUT2D eigenvalue weighted by Gasteiger charge is -2.14. The second-order valence-corrected chi connectivity index (χ2v) is 5.95. The van der Waals surface area contributed by atoms with Gasteiger partial charge in [0, 0.05) is 25.7 Å². The summed E-state index contributed by atoms with van der Waals surface area (Å²) < 4.78 is 4.59. The van der Waals surface area contributed by atoms with Gasteiger partial charge >= 0.3 is 0 Å². The average Bonchev–Trinajstić information content (AvgIpc) is 2.86. The van der Waals surface area contributed by atoms with Crippen LogP contribution in [0.4, 0.5) is 0 Å². The Labute approximate surface area is 127 Å². The predicted octanol–water partition coefficient (Wildman–Crippen LogP) is 2.68. The fraction of sp³-hybridized carbons (Fsp3) is 0.571. The second kappa shape index (κ2) is 6.10. The van der Waals surface area contributed by atoms with E-state index >= 15 is 0 Å². The molecule has 2 rings (SSSR count). The van der Waals surface area contributed by atoms with Gasteiger partial charge in [-0.25, -0.2) is 0 Å². The minimum absolute atomic E-state index is 0.555. The van der Waals surface area contributed by atoms with Gasteiger partial charge in [-0.3, -0.25) is 9.36 Å². The summed E-state index contributed by atoms with van der Waals surface area (Å²) in [5, 5.41) is 19.3. The maximum Gasteiger partial charge on any atom is 0.101 e. The maximum absolute atomic E-state index is 10.6. The minimum Gasteiger partial charge on any atom is -0.386 e. The van der Waals surface area contributed by atoms with Crippen molar-refractivity contribution in [1.29, 1.82) is 0 Å². The van der Waals surface area contributed by atoms with Crippen molar-refractivity contribution in [1.82, 2.24) is 19.6 Å². The molecule has 2 aromatic heterocycles. The number of halogens is 1. The fourth-order valence-corrected chi connectivity index (χ4v) is 3.06. The number of aryl methyl sites for hydroxylation is 3. The number of hydrogen-bond donors (Lipinski definition) is 1. The smallest absolute Gasteiger partial charge is 0.101 e. The summed E-state index contributed by atoms with van der Waals surface area (Å²) in [6.07, 6.45) is 2.70. The lowest BCUT2D eigenvalue weighted by Crippen LogP contribution is -2.12. The van der Waals surface area contributed by atoms with Crippen molar-refractivity contribution in [2.45, 2.75) is 46.3 Å². The van der Waals surface area contributed by atoms with E-state index in [2.05, 4.69) is 33.1 Å². The van der Waals surface area contributed by atoms with Crippen molar-refractivity contribution in [3.05, 3.63) is 33.3 Å². The molecule has 0 fully saturated rings. The Hall–Kier alpha value is -1.14. The van der Waals surface area contributed by atoms with Crippen LogP contribution in [-0.4, -0.2) is 24.7 Å². The van der Waals surface area contributed by atoms with Crippen molar-refractivity contribution in [3.63, 3.8) is 0 Å². The molecule has 0 spiro atoms. The molecule has 6 heteroatoms. The van der Waals surface area contributed by atoms with E-state index in [1.165, 1.54) is 0 Å². The van der Waals surface area contributed by atoms with E-state index in [-0.39, 0.29) is 0 Å². The number of rotatable bonds is 5. The van der Waals surface area contributed by atoms with Crippen molar-refractivity contribution < 1.29 is 5.11 Å². The summed E-state index contributed by atoms with van der Waals surface area (Å²) in [7, 11) is 1.93. The molecule has 1 unspecified atom stereocenters. The number of hydrogen-bond acceptors (Lipinski definition) is 3. The zero-order valence-electron chi connectivity index (χ0n) is 12.4. The first kappa shape index (κ1) is 15.3. The van der Waals surface area contributed by atoms with E-state index in [9.17, 15) is 5.11 Å². The summed E-state index contributed by atoms with van der Waals surface area (Å²) in [5.41, 5.74) is 4.02. The zero-order valence-corrected chi connectivity index (χ0v) is 14.0. The van der Waals surface area contributed by atoms with Crippen molar-refractivity contribution >= 4 is 15.9 Å². The fourth-order valence-electron chi connectivity index (χ4n) is 2.50. The summed E-state index contributed by atoms with van der Waals surface area (Å²) in [4.78, 5) is 0. The summed E-state index contributed by atoms with van der Waals surface area (Å²) in [6, 6.07) is 0. The van der Waals surface area contributed by atoms with E-state index < -0.39 is 6.10 Å². The summed E-state index contributed by atoms with van der Waals surface area (Å²) in [6.45, 7) is 6.91. The van der Waals surface area contributed by atoms with Gasteiger partial charge in [0.2, 0.25) is 0 Å². The molecule has 5 nitrogen and oxygen atoms in total. The molecule has 0 radical (unpaired) electrons. The summed E-state index contributed by atoms with van der Waals surface area (Å²) in [5.74, 6) is 0. The molecule has 2 aromatic rings. The van der Waals surface area contributed by atoms with Crippen LogP contribution in [0, 0.1) is 13.8 Å². The maximum atomic E-state index is 10.6. The van der Waals surface area contributed by atoms with Crippen LogP contribution in [0.1, 0.15) is 42.1 Å². The molecule has 20 heavy (non-hydrogen) atoms. The highest BCUT2D eigenvalue weighted by Crippen LogP contribution is 2.28. The molecule has 1 N–H and O–H groups in total. The highest BCUT2D eigenvalue weighted by molar-refractivity contribution is 9.10. The third kappa shape index (κ3) is 2.81. The minimum atomic E-state index is -0.583. The standard InChI is InChI=1S/C14H21BrN4O/c1-5-6-19-14(12(15)8-16-19)13(20)7-11-9(2)17-18(4)10(11)3/h8,13,20H,5-7H2,1-4H3. The molecule has 0 aromatic carbocycles. The quantitative estimate of drug-likeness (QED) is 0.910. The number of aromatic nitrogens is 4. The van der Waals surface area contributed by atoms with Crippen LogP contribution in [0.25, 0.3) is 0 Å². The normalized spacial score (nSPS) is 12.9. The van der Waals surface area contributed by atoms with Gasteiger partial charge < -0.3 is 5.11 Å². The lowest BCUT2D eigenvalue weighted by molar-refractivity contribution is 0.165. The van der Waals surface area contributed by atoms with Crippen LogP contribution >= 0.6 is 15.9 Å². The van der Waals surface area contributed by atoms with Gasteiger partial charge in [0.1, 0.15) is 6.10 Å². The Morgan fingerprint density at radius 3 is 2.65 bits per heavy atom. The highest BCUT2D eigenvalue weighted by Gasteiger charge is 2.21. The van der Waals surface area contributed by atoms with Gasteiger partial charge in [-0.15, -0.1) is 0 Å². The topological polar surface area (TPSA) is 55.9 Å². The van der Waals surface area contributed by atoms with Gasteiger partial charge in [0.05, 0.1) is 22.1 Å². The SMILES string of the molecule is CCCn1ncc(Br)c1C(O)Cc1c(C)nn(C)c1C. The van der Waals surface area contributed by atoms with Crippen molar-refractivity contribution in [2.24, 2.45) is 7.05 Å². The predicted molar refractivity (Wildman–Crippen MR) is 81.6 cm³/mol. The van der Waals surface area contributed by atoms with Gasteiger partial charge in [-0.2, -0.15) is 10.2 Å². The Kier molecular flexibility index (Phi) is 4.65. The number of aliphatic hydroxyl groups excluding tert-OH is 1. The first-order valence-corrected chi connectivity index (χ1v) is 7.63. The van der Waals surface area contributed by atoms with Gasteiger partial charge in [-0.05, 0) is 41.8 Å². The average molecular weight is 341 g/mol. The molecule has 0 aliphatic carbocycles. The Morgan fingerprint density at radius 1 is 1.40 bits per heavy atom.